The Kier molecular flexibility index (Phi) is 3.58. The molecular weight excluding hydrogens is 302 g/mol. The van der Waals surface area contributed by atoms with E-state index < -0.39 is 0 Å². The van der Waals surface area contributed by atoms with Gasteiger partial charge in [0.05, 0.1) is 13.2 Å². The predicted octanol–water partition coefficient (Wildman–Crippen LogP) is 3.69. The van der Waals surface area contributed by atoms with E-state index in [1.807, 2.05) is 6.07 Å². The van der Waals surface area contributed by atoms with Gasteiger partial charge in [0.25, 0.3) is 0 Å². The molecule has 0 radical (unpaired) electrons. The molecule has 0 saturated carbocycles. The van der Waals surface area contributed by atoms with Crippen molar-refractivity contribution >= 4 is 15.9 Å². The summed E-state index contributed by atoms with van der Waals surface area (Å²) in [6, 6.07) is 15.2. The van der Waals surface area contributed by atoms with Crippen LogP contribution >= 0.6 is 15.9 Å². The maximum atomic E-state index is 5.31. The summed E-state index contributed by atoms with van der Waals surface area (Å²) in [6.07, 6.45) is 1.06. The summed E-state index contributed by atoms with van der Waals surface area (Å²) in [4.78, 5) is 0. The zero-order valence-corrected chi connectivity index (χ0v) is 12.4. The molecule has 2 aromatic carbocycles. The number of benzene rings is 2. The summed E-state index contributed by atoms with van der Waals surface area (Å²) in [5, 5.41) is 3.59. The van der Waals surface area contributed by atoms with E-state index >= 15 is 0 Å². The summed E-state index contributed by atoms with van der Waals surface area (Å²) < 4.78 is 6.42. The molecule has 98 valence electrons. The molecule has 0 aromatic heterocycles. The Labute approximate surface area is 121 Å². The molecule has 3 heteroatoms. The minimum atomic E-state index is 0.280. The predicted molar refractivity (Wildman–Crippen MR) is 80.7 cm³/mol. The summed E-state index contributed by atoms with van der Waals surface area (Å²) in [5.41, 5.74) is 4.04. The van der Waals surface area contributed by atoms with E-state index in [0.29, 0.717) is 0 Å². The Morgan fingerprint density at radius 1 is 1.16 bits per heavy atom. The second-order valence-electron chi connectivity index (χ2n) is 4.75. The molecule has 1 unspecified atom stereocenters. The first-order valence-corrected chi connectivity index (χ1v) is 7.23. The maximum absolute atomic E-state index is 5.31. The van der Waals surface area contributed by atoms with Crippen molar-refractivity contribution in [2.45, 2.75) is 12.5 Å². The highest BCUT2D eigenvalue weighted by Crippen LogP contribution is 2.31. The molecule has 3 rings (SSSR count). The summed E-state index contributed by atoms with van der Waals surface area (Å²) in [7, 11) is 1.72. The molecule has 1 aliphatic rings. The van der Waals surface area contributed by atoms with Gasteiger partial charge in [-0.1, -0.05) is 34.1 Å². The largest absolute Gasteiger partial charge is 0.497 e. The van der Waals surface area contributed by atoms with Crippen LogP contribution in [-0.4, -0.2) is 13.7 Å². The van der Waals surface area contributed by atoms with E-state index in [2.05, 4.69) is 57.6 Å². The van der Waals surface area contributed by atoms with E-state index in [0.717, 1.165) is 23.2 Å². The number of nitrogens with one attached hydrogen (secondary N) is 1. The van der Waals surface area contributed by atoms with Gasteiger partial charge in [-0.3, -0.25) is 0 Å². The highest BCUT2D eigenvalue weighted by molar-refractivity contribution is 9.10. The average molecular weight is 318 g/mol. The van der Waals surface area contributed by atoms with Crippen molar-refractivity contribution in [1.82, 2.24) is 5.32 Å². The van der Waals surface area contributed by atoms with Crippen molar-refractivity contribution in [3.05, 3.63) is 63.6 Å². The molecule has 19 heavy (non-hydrogen) atoms. The summed E-state index contributed by atoms with van der Waals surface area (Å²) in [5.74, 6) is 0.940. The average Bonchev–Trinajstić information content (AvgIpc) is 2.47. The second-order valence-corrected chi connectivity index (χ2v) is 5.67. The van der Waals surface area contributed by atoms with Gasteiger partial charge in [0.1, 0.15) is 5.75 Å². The Morgan fingerprint density at radius 3 is 2.68 bits per heavy atom. The van der Waals surface area contributed by atoms with Gasteiger partial charge in [-0.25, -0.2) is 0 Å². The van der Waals surface area contributed by atoms with Gasteiger partial charge >= 0.3 is 0 Å². The van der Waals surface area contributed by atoms with Crippen LogP contribution < -0.4 is 10.1 Å². The molecule has 1 heterocycles. The molecule has 2 aromatic rings. The smallest absolute Gasteiger partial charge is 0.119 e. The van der Waals surface area contributed by atoms with Gasteiger partial charge < -0.3 is 10.1 Å². The quantitative estimate of drug-likeness (QED) is 0.912. The summed E-state index contributed by atoms with van der Waals surface area (Å²) in [6.45, 7) is 1.00. The van der Waals surface area contributed by atoms with Crippen molar-refractivity contribution in [2.24, 2.45) is 0 Å². The number of methoxy groups -OCH3 is 1. The number of ether oxygens (including phenoxy) is 1. The lowest BCUT2D eigenvalue weighted by atomic mass is 9.90. The van der Waals surface area contributed by atoms with E-state index in [-0.39, 0.29) is 6.04 Å². The fourth-order valence-electron chi connectivity index (χ4n) is 2.62. The van der Waals surface area contributed by atoms with Gasteiger partial charge in [0, 0.05) is 11.0 Å². The molecule has 1 aliphatic heterocycles. The maximum Gasteiger partial charge on any atom is 0.119 e. The second kappa shape index (κ2) is 5.35. The monoisotopic (exact) mass is 317 g/mol. The lowest BCUT2D eigenvalue weighted by Crippen LogP contribution is -2.30. The first kappa shape index (κ1) is 12.7. The molecule has 0 aliphatic carbocycles. The van der Waals surface area contributed by atoms with Gasteiger partial charge in [-0.15, -0.1) is 0 Å². The van der Waals surface area contributed by atoms with Crippen LogP contribution in [0.25, 0.3) is 0 Å². The van der Waals surface area contributed by atoms with E-state index in [9.17, 15) is 0 Å². The van der Waals surface area contributed by atoms with Gasteiger partial charge in [0.15, 0.2) is 0 Å². The third kappa shape index (κ3) is 2.53. The third-order valence-electron chi connectivity index (χ3n) is 3.61. The molecular formula is C16H16BrNO. The van der Waals surface area contributed by atoms with Crippen molar-refractivity contribution < 1.29 is 4.74 Å². The highest BCUT2D eigenvalue weighted by atomic mass is 79.9. The molecule has 1 atom stereocenters. The minimum Gasteiger partial charge on any atom is -0.497 e. The number of hydrogen-bond acceptors (Lipinski definition) is 2. The molecule has 2 nitrogen and oxygen atoms in total. The van der Waals surface area contributed by atoms with Crippen molar-refractivity contribution in [1.29, 1.82) is 0 Å². The minimum absolute atomic E-state index is 0.280. The van der Waals surface area contributed by atoms with Gasteiger partial charge in [0.2, 0.25) is 0 Å². The molecule has 0 amide bonds. The van der Waals surface area contributed by atoms with Crippen molar-refractivity contribution in [3.63, 3.8) is 0 Å². The van der Waals surface area contributed by atoms with Crippen LogP contribution in [0.2, 0.25) is 0 Å². The SMILES string of the molecule is COc1ccc2c(c1)CCNC2c1ccc(Br)cc1. The highest BCUT2D eigenvalue weighted by Gasteiger charge is 2.21. The molecule has 0 saturated heterocycles. The van der Waals surface area contributed by atoms with Gasteiger partial charge in [-0.05, 0) is 47.4 Å². The normalized spacial score (nSPS) is 17.9. The van der Waals surface area contributed by atoms with Crippen molar-refractivity contribution in [3.8, 4) is 5.75 Å². The molecule has 0 spiro atoms. The Hall–Kier alpha value is -1.32. The topological polar surface area (TPSA) is 21.3 Å². The standard InChI is InChI=1S/C16H16BrNO/c1-19-14-6-7-15-12(10-14)8-9-18-16(15)11-2-4-13(17)5-3-11/h2-7,10,16,18H,8-9H2,1H3. The van der Waals surface area contributed by atoms with Crippen LogP contribution in [0.3, 0.4) is 0 Å². The van der Waals surface area contributed by atoms with Crippen LogP contribution in [0, 0.1) is 0 Å². The fourth-order valence-corrected chi connectivity index (χ4v) is 2.89. The van der Waals surface area contributed by atoms with Crippen molar-refractivity contribution in [2.75, 3.05) is 13.7 Å². The van der Waals surface area contributed by atoms with Crippen LogP contribution in [0.1, 0.15) is 22.7 Å². The van der Waals surface area contributed by atoms with E-state index in [1.165, 1.54) is 16.7 Å². The first-order chi connectivity index (χ1) is 9.28. The molecule has 0 bridgehead atoms. The first-order valence-electron chi connectivity index (χ1n) is 6.43. The Morgan fingerprint density at radius 2 is 1.95 bits per heavy atom. The van der Waals surface area contributed by atoms with Crippen LogP contribution in [0.15, 0.2) is 46.9 Å². The van der Waals surface area contributed by atoms with Crippen LogP contribution in [-0.2, 0) is 6.42 Å². The third-order valence-corrected chi connectivity index (χ3v) is 4.14. The number of halogens is 1. The lowest BCUT2D eigenvalue weighted by Gasteiger charge is -2.27. The lowest BCUT2D eigenvalue weighted by molar-refractivity contribution is 0.413. The zero-order chi connectivity index (χ0) is 13.2. The Balaban J connectivity index is 2.00. The molecule has 1 N–H and O–H groups in total. The number of hydrogen-bond donors (Lipinski definition) is 1. The van der Waals surface area contributed by atoms with E-state index in [4.69, 9.17) is 4.74 Å². The fraction of sp³-hybridized carbons (Fsp3) is 0.250. The summed E-state index contributed by atoms with van der Waals surface area (Å²) >= 11 is 3.48. The van der Waals surface area contributed by atoms with Crippen LogP contribution in [0.4, 0.5) is 0 Å². The zero-order valence-electron chi connectivity index (χ0n) is 10.8. The molecule has 0 fully saturated rings. The van der Waals surface area contributed by atoms with E-state index in [1.54, 1.807) is 7.11 Å². The Bertz CT molecular complexity index is 580. The van der Waals surface area contributed by atoms with Gasteiger partial charge in [-0.2, -0.15) is 0 Å². The number of fused-ring (bicyclic) bond motifs is 1. The van der Waals surface area contributed by atoms with Crippen LogP contribution in [0.5, 0.6) is 5.75 Å². The number of rotatable bonds is 2.